The zero-order valence-corrected chi connectivity index (χ0v) is 13.3. The summed E-state index contributed by atoms with van der Waals surface area (Å²) in [5, 5.41) is 1.23. The summed E-state index contributed by atoms with van der Waals surface area (Å²) in [5.41, 5.74) is 8.52. The molecule has 114 valence electrons. The molecule has 5 heteroatoms. The van der Waals surface area contributed by atoms with Gasteiger partial charge in [0.15, 0.2) is 0 Å². The molecule has 0 aliphatic heterocycles. The molecule has 0 spiro atoms. The Morgan fingerprint density at radius 1 is 1.29 bits per heavy atom. The zero-order chi connectivity index (χ0) is 15.6. The van der Waals surface area contributed by atoms with Crippen molar-refractivity contribution in [3.05, 3.63) is 35.5 Å². The van der Waals surface area contributed by atoms with Gasteiger partial charge in [-0.1, -0.05) is 18.2 Å². The van der Waals surface area contributed by atoms with E-state index in [1.54, 1.807) is 0 Å². The number of carbonyl (C=O) groups is 1. The van der Waals surface area contributed by atoms with Crippen molar-refractivity contribution in [1.82, 2.24) is 15.4 Å². The molecule has 0 bridgehead atoms. The molecule has 0 saturated carbocycles. The Bertz CT molecular complexity index is 614. The van der Waals surface area contributed by atoms with Gasteiger partial charge in [0.1, 0.15) is 5.60 Å². The fourth-order valence-corrected chi connectivity index (χ4v) is 2.39. The fraction of sp³-hybridized carbons (Fsp3) is 0.438. The summed E-state index contributed by atoms with van der Waals surface area (Å²) in [7, 11) is 2.03. The van der Waals surface area contributed by atoms with Gasteiger partial charge in [-0.2, -0.15) is 0 Å². The lowest BCUT2D eigenvalue weighted by molar-refractivity contribution is 0.0496. The van der Waals surface area contributed by atoms with E-state index in [2.05, 4.69) is 34.5 Å². The molecule has 0 radical (unpaired) electrons. The second-order valence-corrected chi connectivity index (χ2v) is 6.13. The largest absolute Gasteiger partial charge is 0.443 e. The van der Waals surface area contributed by atoms with Crippen molar-refractivity contribution in [2.24, 2.45) is 7.05 Å². The van der Waals surface area contributed by atoms with Crippen LogP contribution in [0.1, 0.15) is 32.0 Å². The van der Waals surface area contributed by atoms with E-state index in [9.17, 15) is 4.79 Å². The number of nitrogens with zero attached hydrogens (tertiary/aromatic N) is 1. The van der Waals surface area contributed by atoms with Crippen LogP contribution in [0.3, 0.4) is 0 Å². The molecular weight excluding hydrogens is 266 g/mol. The molecular formula is C16H23N3O2. The average molecular weight is 289 g/mol. The van der Waals surface area contributed by atoms with Gasteiger partial charge in [-0.15, -0.1) is 0 Å². The van der Waals surface area contributed by atoms with Crippen LogP contribution in [0, 0.1) is 6.92 Å². The van der Waals surface area contributed by atoms with Crippen molar-refractivity contribution in [2.45, 2.75) is 39.8 Å². The third-order valence-corrected chi connectivity index (χ3v) is 3.35. The molecule has 21 heavy (non-hydrogen) atoms. The van der Waals surface area contributed by atoms with E-state index in [4.69, 9.17) is 4.74 Å². The number of rotatable bonds is 3. The van der Waals surface area contributed by atoms with Gasteiger partial charge >= 0.3 is 6.09 Å². The normalized spacial score (nSPS) is 11.7. The first-order chi connectivity index (χ1) is 9.79. The number of ether oxygens (including phenoxy) is 1. The number of hydrogen-bond acceptors (Lipinski definition) is 3. The Kier molecular flexibility index (Phi) is 4.23. The van der Waals surface area contributed by atoms with Crippen LogP contribution in [0.15, 0.2) is 24.3 Å². The van der Waals surface area contributed by atoms with Crippen LogP contribution in [0.5, 0.6) is 0 Å². The van der Waals surface area contributed by atoms with Gasteiger partial charge in [-0.25, -0.2) is 10.2 Å². The molecule has 1 aromatic heterocycles. The average Bonchev–Trinajstić information content (AvgIpc) is 2.62. The monoisotopic (exact) mass is 289 g/mol. The van der Waals surface area contributed by atoms with E-state index < -0.39 is 11.7 Å². The summed E-state index contributed by atoms with van der Waals surface area (Å²) in [6.07, 6.45) is -0.473. The fourth-order valence-electron chi connectivity index (χ4n) is 2.39. The van der Waals surface area contributed by atoms with E-state index in [1.165, 1.54) is 16.5 Å². The molecule has 0 saturated heterocycles. The molecule has 1 aromatic carbocycles. The second-order valence-electron chi connectivity index (χ2n) is 6.13. The summed E-state index contributed by atoms with van der Waals surface area (Å²) >= 11 is 0. The van der Waals surface area contributed by atoms with Gasteiger partial charge in [0.05, 0.1) is 6.54 Å². The molecule has 0 aliphatic rings. The van der Waals surface area contributed by atoms with Gasteiger partial charge < -0.3 is 9.30 Å². The third-order valence-electron chi connectivity index (χ3n) is 3.35. The number of hydrogen-bond donors (Lipinski definition) is 2. The van der Waals surface area contributed by atoms with Crippen molar-refractivity contribution in [3.63, 3.8) is 0 Å². The summed E-state index contributed by atoms with van der Waals surface area (Å²) in [5.74, 6) is 0. The Hall–Kier alpha value is -2.01. The lowest BCUT2D eigenvalue weighted by atomic mass is 10.1. The number of amides is 1. The smallest absolute Gasteiger partial charge is 0.422 e. The van der Waals surface area contributed by atoms with Crippen molar-refractivity contribution in [1.29, 1.82) is 0 Å². The van der Waals surface area contributed by atoms with E-state index >= 15 is 0 Å². The highest BCUT2D eigenvalue weighted by Gasteiger charge is 2.16. The van der Waals surface area contributed by atoms with Crippen LogP contribution >= 0.6 is 0 Å². The zero-order valence-electron chi connectivity index (χ0n) is 13.3. The minimum absolute atomic E-state index is 0.473. The van der Waals surface area contributed by atoms with E-state index in [-0.39, 0.29) is 0 Å². The van der Waals surface area contributed by atoms with Crippen LogP contribution in [-0.2, 0) is 18.3 Å². The molecule has 2 rings (SSSR count). The van der Waals surface area contributed by atoms with Gasteiger partial charge in [-0.05, 0) is 39.3 Å². The minimum atomic E-state index is -0.499. The molecule has 2 N–H and O–H groups in total. The highest BCUT2D eigenvalue weighted by atomic mass is 16.6. The SMILES string of the molecule is Cc1c(CNNC(=O)OC(C)(C)C)n(C)c2ccccc12. The summed E-state index contributed by atoms with van der Waals surface area (Å²) in [6.45, 7) is 8.13. The lowest BCUT2D eigenvalue weighted by Gasteiger charge is -2.20. The summed E-state index contributed by atoms with van der Waals surface area (Å²) in [6, 6.07) is 8.26. The van der Waals surface area contributed by atoms with Crippen LogP contribution in [0.4, 0.5) is 4.79 Å². The molecule has 0 aliphatic carbocycles. The molecule has 1 heterocycles. The number of benzene rings is 1. The van der Waals surface area contributed by atoms with Gasteiger partial charge in [-0.3, -0.25) is 5.43 Å². The maximum absolute atomic E-state index is 11.6. The molecule has 1 amide bonds. The van der Waals surface area contributed by atoms with Crippen LogP contribution in [-0.4, -0.2) is 16.3 Å². The van der Waals surface area contributed by atoms with Gasteiger partial charge in [0.25, 0.3) is 0 Å². The Labute approximate surface area is 125 Å². The molecule has 0 unspecified atom stereocenters. The first-order valence-electron chi connectivity index (χ1n) is 7.04. The second kappa shape index (κ2) is 5.77. The van der Waals surface area contributed by atoms with Gasteiger partial charge in [0.2, 0.25) is 0 Å². The summed E-state index contributed by atoms with van der Waals surface area (Å²) in [4.78, 5) is 11.6. The van der Waals surface area contributed by atoms with Crippen LogP contribution in [0.2, 0.25) is 0 Å². The number of aromatic nitrogens is 1. The van der Waals surface area contributed by atoms with E-state index in [1.807, 2.05) is 40.0 Å². The van der Waals surface area contributed by atoms with Crippen molar-refractivity contribution in [3.8, 4) is 0 Å². The Balaban J connectivity index is 2.03. The van der Waals surface area contributed by atoms with Gasteiger partial charge in [0, 0.05) is 23.6 Å². The Morgan fingerprint density at radius 2 is 1.95 bits per heavy atom. The van der Waals surface area contributed by atoms with E-state index in [0.29, 0.717) is 6.54 Å². The highest BCUT2D eigenvalue weighted by Crippen LogP contribution is 2.23. The number of aryl methyl sites for hydroxylation is 2. The first-order valence-corrected chi connectivity index (χ1v) is 7.04. The Morgan fingerprint density at radius 3 is 2.57 bits per heavy atom. The minimum Gasteiger partial charge on any atom is -0.443 e. The summed E-state index contributed by atoms with van der Waals surface area (Å²) < 4.78 is 7.31. The molecule has 0 fully saturated rings. The molecule has 0 atom stereocenters. The molecule has 5 nitrogen and oxygen atoms in total. The lowest BCUT2D eigenvalue weighted by Crippen LogP contribution is -2.41. The number of para-hydroxylation sites is 1. The van der Waals surface area contributed by atoms with E-state index in [0.717, 1.165) is 5.69 Å². The third kappa shape index (κ3) is 3.55. The molecule has 2 aromatic rings. The van der Waals surface area contributed by atoms with Crippen LogP contribution < -0.4 is 10.9 Å². The maximum Gasteiger partial charge on any atom is 0.422 e. The standard InChI is InChI=1S/C16H23N3O2/c1-11-12-8-6-7-9-13(12)19(5)14(11)10-17-18-15(20)21-16(2,3)4/h6-9,17H,10H2,1-5H3,(H,18,20). The first kappa shape index (κ1) is 15.4. The highest BCUT2D eigenvalue weighted by molar-refractivity contribution is 5.85. The van der Waals surface area contributed by atoms with Crippen molar-refractivity contribution >= 4 is 17.0 Å². The number of fused-ring (bicyclic) bond motifs is 1. The van der Waals surface area contributed by atoms with Crippen LogP contribution in [0.25, 0.3) is 10.9 Å². The van der Waals surface area contributed by atoms with Crippen molar-refractivity contribution in [2.75, 3.05) is 0 Å². The number of nitrogens with one attached hydrogen (secondary N) is 2. The number of hydrazine groups is 1. The predicted molar refractivity (Wildman–Crippen MR) is 83.9 cm³/mol. The maximum atomic E-state index is 11.6. The predicted octanol–water partition coefficient (Wildman–Crippen LogP) is 3.02. The topological polar surface area (TPSA) is 55.3 Å². The van der Waals surface area contributed by atoms with Crippen molar-refractivity contribution < 1.29 is 9.53 Å². The number of carbonyl (C=O) groups excluding carboxylic acids is 1. The quantitative estimate of drug-likeness (QED) is 0.854.